The molecule has 9 nitrogen and oxygen atoms in total. The largest absolute Gasteiger partial charge is 0.495 e. The molecule has 0 radical (unpaired) electrons. The number of carbonyl (C=O) groups is 1. The molecule has 0 aromatic carbocycles. The second-order valence-corrected chi connectivity index (χ2v) is 8.10. The molecular weight excluding hydrogens is 420 g/mol. The normalized spacial score (nSPS) is 21.0. The van der Waals surface area contributed by atoms with E-state index in [1.54, 1.807) is 13.2 Å². The molecule has 2 unspecified atom stereocenters. The quantitative estimate of drug-likeness (QED) is 0.533. The van der Waals surface area contributed by atoms with Crippen LogP contribution in [0.1, 0.15) is 41.4 Å². The number of methoxy groups -OCH3 is 1. The number of alkyl halides is 1. The average Bonchev–Trinajstić information content (AvgIpc) is 3.56. The van der Waals surface area contributed by atoms with Crippen LogP contribution in [0.15, 0.2) is 18.2 Å². The molecule has 3 aromatic heterocycles. The fraction of sp³-hybridized carbons (Fsp3) is 0.429. The Morgan fingerprint density at radius 3 is 2.81 bits per heavy atom. The Balaban J connectivity index is 1.62. The zero-order valence-corrected chi connectivity index (χ0v) is 17.4. The number of hydrogen-bond acceptors (Lipinski definition) is 7. The summed E-state index contributed by atoms with van der Waals surface area (Å²) in [5.41, 5.74) is 7.15. The van der Waals surface area contributed by atoms with Gasteiger partial charge >= 0.3 is 0 Å². The van der Waals surface area contributed by atoms with Crippen molar-refractivity contribution < 1.29 is 18.3 Å². The number of hydrogen-bond donors (Lipinski definition) is 3. The van der Waals surface area contributed by atoms with Gasteiger partial charge in [0.15, 0.2) is 23.0 Å². The highest BCUT2D eigenvalue weighted by Gasteiger charge is 2.31. The number of nitrogens with one attached hydrogen (secondary N) is 2. The van der Waals surface area contributed by atoms with Gasteiger partial charge in [0.2, 0.25) is 0 Å². The van der Waals surface area contributed by atoms with E-state index >= 15 is 0 Å². The van der Waals surface area contributed by atoms with Gasteiger partial charge in [0.25, 0.3) is 5.91 Å². The standard InChI is InChI=1S/C21H23F2N7O2/c1-32-15-8-16-28-18(20(24)31)19(30(16)29-17(15)10-2-3-10)13-5-4-12(23)21(26-13)27-14-9-25-7-6-11(14)22/h4-5,8,10-11,14,25H,2-3,6-7,9H2,1H3,(H2,24,31)(H,26,27). The number of nitrogens with zero attached hydrogens (tertiary/aromatic N) is 4. The number of pyridine rings is 1. The molecule has 3 aromatic rings. The number of aromatic nitrogens is 4. The first-order chi connectivity index (χ1) is 15.5. The van der Waals surface area contributed by atoms with Gasteiger partial charge in [-0.25, -0.2) is 23.3 Å². The lowest BCUT2D eigenvalue weighted by Crippen LogP contribution is -2.46. The average molecular weight is 443 g/mol. The smallest absolute Gasteiger partial charge is 0.269 e. The van der Waals surface area contributed by atoms with Crippen molar-refractivity contribution in [3.63, 3.8) is 0 Å². The summed E-state index contributed by atoms with van der Waals surface area (Å²) >= 11 is 0. The molecule has 1 amide bonds. The van der Waals surface area contributed by atoms with Crippen molar-refractivity contribution in [1.82, 2.24) is 24.9 Å². The van der Waals surface area contributed by atoms with Crippen LogP contribution in [0, 0.1) is 5.82 Å². The lowest BCUT2D eigenvalue weighted by Gasteiger charge is -2.28. The molecule has 0 spiro atoms. The van der Waals surface area contributed by atoms with Crippen LogP contribution < -0.4 is 21.1 Å². The summed E-state index contributed by atoms with van der Waals surface area (Å²) in [5, 5.41) is 10.6. The second kappa shape index (κ2) is 7.97. The van der Waals surface area contributed by atoms with E-state index in [0.29, 0.717) is 30.9 Å². The molecule has 4 N–H and O–H groups in total. The summed E-state index contributed by atoms with van der Waals surface area (Å²) in [6.07, 6.45) is 1.18. The summed E-state index contributed by atoms with van der Waals surface area (Å²) in [4.78, 5) is 20.8. The van der Waals surface area contributed by atoms with Crippen molar-refractivity contribution in [2.75, 3.05) is 25.5 Å². The van der Waals surface area contributed by atoms with Gasteiger partial charge in [-0.15, -0.1) is 0 Å². The monoisotopic (exact) mass is 443 g/mol. The Morgan fingerprint density at radius 2 is 2.12 bits per heavy atom. The predicted molar refractivity (Wildman–Crippen MR) is 113 cm³/mol. The van der Waals surface area contributed by atoms with Crippen molar-refractivity contribution in [2.24, 2.45) is 5.73 Å². The van der Waals surface area contributed by atoms with E-state index in [0.717, 1.165) is 18.5 Å². The molecule has 1 aliphatic heterocycles. The lowest BCUT2D eigenvalue weighted by atomic mass is 10.1. The minimum absolute atomic E-state index is 0.0414. The zero-order chi connectivity index (χ0) is 22.4. The third kappa shape index (κ3) is 3.62. The number of carbonyl (C=O) groups excluding carboxylic acids is 1. The molecule has 1 saturated heterocycles. The number of nitrogens with two attached hydrogens (primary N) is 1. The van der Waals surface area contributed by atoms with Crippen LogP contribution in [0.5, 0.6) is 5.75 Å². The van der Waals surface area contributed by atoms with Crippen molar-refractivity contribution in [3.05, 3.63) is 35.4 Å². The molecule has 2 atom stereocenters. The van der Waals surface area contributed by atoms with Gasteiger partial charge in [0, 0.05) is 18.5 Å². The maximum absolute atomic E-state index is 14.5. The van der Waals surface area contributed by atoms with Crippen LogP contribution in [0.25, 0.3) is 17.0 Å². The van der Waals surface area contributed by atoms with E-state index in [1.165, 1.54) is 16.6 Å². The van der Waals surface area contributed by atoms with Gasteiger partial charge < -0.3 is 21.1 Å². The highest BCUT2D eigenvalue weighted by atomic mass is 19.1. The summed E-state index contributed by atoms with van der Waals surface area (Å²) in [7, 11) is 1.55. The molecule has 2 fully saturated rings. The number of amides is 1. The fourth-order valence-electron chi connectivity index (χ4n) is 4.00. The predicted octanol–water partition coefficient (Wildman–Crippen LogP) is 2.03. The molecule has 0 bridgehead atoms. The number of halogens is 2. The van der Waals surface area contributed by atoms with Crippen molar-refractivity contribution in [2.45, 2.75) is 37.4 Å². The number of primary amides is 1. The van der Waals surface area contributed by atoms with Crippen molar-refractivity contribution in [3.8, 4) is 17.1 Å². The maximum Gasteiger partial charge on any atom is 0.269 e. The zero-order valence-electron chi connectivity index (χ0n) is 17.4. The number of rotatable bonds is 6. The van der Waals surface area contributed by atoms with E-state index in [9.17, 15) is 13.6 Å². The van der Waals surface area contributed by atoms with E-state index < -0.39 is 23.9 Å². The minimum Gasteiger partial charge on any atom is -0.495 e. The van der Waals surface area contributed by atoms with E-state index in [-0.39, 0.29) is 28.8 Å². The summed E-state index contributed by atoms with van der Waals surface area (Å²) in [6.45, 7) is 0.915. The van der Waals surface area contributed by atoms with Crippen LogP contribution in [-0.2, 0) is 0 Å². The fourth-order valence-corrected chi connectivity index (χ4v) is 4.00. The Kier molecular flexibility index (Phi) is 5.12. The van der Waals surface area contributed by atoms with E-state index in [4.69, 9.17) is 10.5 Å². The SMILES string of the molecule is COc1cc2nc(C(N)=O)c(-c3ccc(F)c(NC4CNCCC4F)n3)n2nc1C1CC1. The number of ether oxygens (including phenoxy) is 1. The number of piperidine rings is 1. The molecule has 5 rings (SSSR count). The van der Waals surface area contributed by atoms with Gasteiger partial charge in [-0.1, -0.05) is 0 Å². The third-order valence-electron chi connectivity index (χ3n) is 5.83. The first kappa shape index (κ1) is 20.6. The number of anilines is 1. The van der Waals surface area contributed by atoms with Gasteiger partial charge in [0.1, 0.15) is 23.3 Å². The van der Waals surface area contributed by atoms with E-state index in [2.05, 4.69) is 25.7 Å². The molecule has 4 heterocycles. The molecule has 32 heavy (non-hydrogen) atoms. The van der Waals surface area contributed by atoms with Crippen LogP contribution in [0.3, 0.4) is 0 Å². The second-order valence-electron chi connectivity index (χ2n) is 8.10. The topological polar surface area (TPSA) is 119 Å². The van der Waals surface area contributed by atoms with Crippen molar-refractivity contribution >= 4 is 17.4 Å². The summed E-state index contributed by atoms with van der Waals surface area (Å²) in [6, 6.07) is 3.71. The molecule has 168 valence electrons. The number of fused-ring (bicyclic) bond motifs is 1. The van der Waals surface area contributed by atoms with Gasteiger partial charge in [0.05, 0.1) is 18.8 Å². The Bertz CT molecular complexity index is 1190. The van der Waals surface area contributed by atoms with Gasteiger partial charge in [-0.3, -0.25) is 4.79 Å². The number of imidazole rings is 1. The van der Waals surface area contributed by atoms with Crippen LogP contribution in [0.2, 0.25) is 0 Å². The highest BCUT2D eigenvalue weighted by Crippen LogP contribution is 2.43. The van der Waals surface area contributed by atoms with Gasteiger partial charge in [-0.05, 0) is 37.9 Å². The molecule has 1 aliphatic carbocycles. The lowest BCUT2D eigenvalue weighted by molar-refractivity contribution is 0.0996. The minimum atomic E-state index is -1.13. The van der Waals surface area contributed by atoms with E-state index in [1.807, 2.05) is 0 Å². The first-order valence-electron chi connectivity index (χ1n) is 10.5. The summed E-state index contributed by atoms with van der Waals surface area (Å²) in [5.74, 6) is -0.658. The van der Waals surface area contributed by atoms with Crippen LogP contribution >= 0.6 is 0 Å². The Hall–Kier alpha value is -3.34. The molecule has 2 aliphatic rings. The van der Waals surface area contributed by atoms with Crippen molar-refractivity contribution in [1.29, 1.82) is 0 Å². The third-order valence-corrected chi connectivity index (χ3v) is 5.83. The molecule has 11 heteroatoms. The van der Waals surface area contributed by atoms with Crippen LogP contribution in [0.4, 0.5) is 14.6 Å². The Labute approximate surface area is 182 Å². The molecule has 1 saturated carbocycles. The van der Waals surface area contributed by atoms with Crippen LogP contribution in [-0.4, -0.2) is 57.9 Å². The Morgan fingerprint density at radius 1 is 1.31 bits per heavy atom. The summed E-state index contributed by atoms with van der Waals surface area (Å²) < 4.78 is 35.7. The highest BCUT2D eigenvalue weighted by molar-refractivity contribution is 5.98. The van der Waals surface area contributed by atoms with Gasteiger partial charge in [-0.2, -0.15) is 5.10 Å². The molecular formula is C21H23F2N7O2. The first-order valence-corrected chi connectivity index (χ1v) is 10.5. The maximum atomic E-state index is 14.5.